The summed E-state index contributed by atoms with van der Waals surface area (Å²) in [7, 11) is 1.64. The molecule has 5 aromatic rings. The van der Waals surface area contributed by atoms with E-state index in [1.54, 1.807) is 57.9 Å². The molecule has 3 aromatic heterocycles. The van der Waals surface area contributed by atoms with Crippen molar-refractivity contribution < 1.29 is 19.0 Å². The first-order valence-electron chi connectivity index (χ1n) is 13.0. The minimum atomic E-state index is -1.01. The second-order valence-electron chi connectivity index (χ2n) is 10.8. The number of aryl methyl sites for hydroxylation is 3. The molecule has 0 aliphatic heterocycles. The number of aliphatic hydroxyl groups is 1. The Bertz CT molecular complexity index is 1820. The lowest BCUT2D eigenvalue weighted by Crippen LogP contribution is -2.26. The molecule has 0 atom stereocenters. The van der Waals surface area contributed by atoms with Crippen LogP contribution in [0.5, 0.6) is 11.5 Å². The van der Waals surface area contributed by atoms with E-state index in [0.717, 1.165) is 10.9 Å². The number of aromatic amines is 1. The van der Waals surface area contributed by atoms with Crippen molar-refractivity contribution in [1.29, 1.82) is 0 Å². The van der Waals surface area contributed by atoms with Gasteiger partial charge >= 0.3 is 0 Å². The maximum Gasteiger partial charge on any atom is 0.274 e. The van der Waals surface area contributed by atoms with Crippen LogP contribution in [0, 0.1) is 19.7 Å². The normalized spacial score (nSPS) is 11.9. The molecule has 0 bridgehead atoms. The van der Waals surface area contributed by atoms with Gasteiger partial charge in [-0.2, -0.15) is 5.10 Å². The number of amides is 1. The number of aromatic nitrogens is 4. The number of hydrogen-bond donors (Lipinski definition) is 3. The van der Waals surface area contributed by atoms with E-state index in [1.165, 1.54) is 16.7 Å². The lowest BCUT2D eigenvalue weighted by atomic mass is 10.0. The molecule has 0 fully saturated rings. The summed E-state index contributed by atoms with van der Waals surface area (Å²) in [5, 5.41) is 19.1. The highest BCUT2D eigenvalue weighted by Crippen LogP contribution is 2.41. The van der Waals surface area contributed by atoms with Crippen molar-refractivity contribution in [3.63, 3.8) is 0 Å². The van der Waals surface area contributed by atoms with Crippen LogP contribution < -0.4 is 15.6 Å². The van der Waals surface area contributed by atoms with Crippen molar-refractivity contribution >= 4 is 27.7 Å². The molecule has 10 heteroatoms. The molecule has 0 aliphatic rings. The number of carbonyl (C=O) groups excluding carboxylic acids is 1. The third-order valence-corrected chi connectivity index (χ3v) is 6.75. The number of rotatable bonds is 7. The first-order chi connectivity index (χ1) is 18.9. The number of halogens is 1. The first-order valence-corrected chi connectivity index (χ1v) is 13.0. The van der Waals surface area contributed by atoms with Crippen LogP contribution in [0.25, 0.3) is 32.9 Å². The largest absolute Gasteiger partial charge is 0.456 e. The Kier molecular flexibility index (Phi) is 6.75. The van der Waals surface area contributed by atoms with E-state index in [0.29, 0.717) is 45.7 Å². The summed E-state index contributed by atoms with van der Waals surface area (Å²) in [4.78, 5) is 28.7. The fraction of sp³-hybridized carbons (Fsp3) is 0.300. The fourth-order valence-electron chi connectivity index (χ4n) is 4.99. The summed E-state index contributed by atoms with van der Waals surface area (Å²) in [5.74, 6) is 0.313. The van der Waals surface area contributed by atoms with Gasteiger partial charge in [-0.05, 0) is 76.1 Å². The van der Waals surface area contributed by atoms with E-state index in [9.17, 15) is 19.1 Å². The van der Waals surface area contributed by atoms with Crippen molar-refractivity contribution in [3.05, 3.63) is 75.7 Å². The lowest BCUT2D eigenvalue weighted by molar-refractivity contribution is 0.0591. The maximum atomic E-state index is 14.1. The summed E-state index contributed by atoms with van der Waals surface area (Å²) >= 11 is 0. The van der Waals surface area contributed by atoms with E-state index < -0.39 is 5.60 Å². The van der Waals surface area contributed by atoms with Crippen LogP contribution >= 0.6 is 0 Å². The molecular weight excluding hydrogens is 513 g/mol. The SMILES string of the molecule is CCNC(=O)c1cc2c(-c3cc4c(cnn4CC(C)(C)O)cc3Oc3c(C)cc(F)cc3C)cn(C)c(=O)c2[nH]1. The molecular formula is C30H32FN5O4. The summed E-state index contributed by atoms with van der Waals surface area (Å²) in [6.07, 6.45) is 3.40. The number of nitrogens with one attached hydrogen (secondary N) is 2. The molecule has 0 saturated heterocycles. The van der Waals surface area contributed by atoms with Crippen molar-refractivity contribution in [2.45, 2.75) is 46.8 Å². The Morgan fingerprint density at radius 3 is 2.50 bits per heavy atom. The van der Waals surface area contributed by atoms with Crippen LogP contribution in [0.1, 0.15) is 42.4 Å². The summed E-state index contributed by atoms with van der Waals surface area (Å²) in [6, 6.07) is 8.23. The van der Waals surface area contributed by atoms with Gasteiger partial charge in [0.15, 0.2) is 0 Å². The molecule has 5 rings (SSSR count). The maximum absolute atomic E-state index is 14.1. The van der Waals surface area contributed by atoms with Gasteiger partial charge < -0.3 is 24.7 Å². The molecule has 3 N–H and O–H groups in total. The topological polar surface area (TPSA) is 114 Å². The molecule has 1 amide bonds. The highest BCUT2D eigenvalue weighted by Gasteiger charge is 2.22. The van der Waals surface area contributed by atoms with E-state index in [2.05, 4.69) is 15.4 Å². The molecule has 0 aliphatic carbocycles. The number of nitrogens with zero attached hydrogens (tertiary/aromatic N) is 3. The highest BCUT2D eigenvalue weighted by atomic mass is 19.1. The molecule has 208 valence electrons. The third kappa shape index (κ3) is 4.98. The van der Waals surface area contributed by atoms with Gasteiger partial charge in [-0.1, -0.05) is 0 Å². The second-order valence-corrected chi connectivity index (χ2v) is 10.8. The van der Waals surface area contributed by atoms with Gasteiger partial charge in [0.05, 0.1) is 23.9 Å². The minimum absolute atomic E-state index is 0.250. The molecule has 0 spiro atoms. The van der Waals surface area contributed by atoms with Gasteiger partial charge in [-0.3, -0.25) is 14.3 Å². The van der Waals surface area contributed by atoms with Crippen LogP contribution in [-0.4, -0.2) is 42.5 Å². The number of H-pyrrole nitrogens is 1. The van der Waals surface area contributed by atoms with E-state index >= 15 is 0 Å². The van der Waals surface area contributed by atoms with Gasteiger partial charge in [0, 0.05) is 41.7 Å². The van der Waals surface area contributed by atoms with Crippen LogP contribution in [0.3, 0.4) is 0 Å². The number of ether oxygens (including phenoxy) is 1. The van der Waals surface area contributed by atoms with E-state index in [4.69, 9.17) is 4.74 Å². The summed E-state index contributed by atoms with van der Waals surface area (Å²) in [6.45, 7) is 9.48. The van der Waals surface area contributed by atoms with E-state index in [1.807, 2.05) is 19.1 Å². The minimum Gasteiger partial charge on any atom is -0.456 e. The number of benzene rings is 2. The Morgan fingerprint density at radius 1 is 1.15 bits per heavy atom. The summed E-state index contributed by atoms with van der Waals surface area (Å²) < 4.78 is 23.7. The van der Waals surface area contributed by atoms with Crippen molar-refractivity contribution in [1.82, 2.24) is 24.6 Å². The van der Waals surface area contributed by atoms with Gasteiger partial charge in [0.25, 0.3) is 11.5 Å². The van der Waals surface area contributed by atoms with Gasteiger partial charge in [0.1, 0.15) is 28.5 Å². The van der Waals surface area contributed by atoms with Crippen molar-refractivity contribution in [2.75, 3.05) is 6.54 Å². The zero-order valence-electron chi connectivity index (χ0n) is 23.3. The van der Waals surface area contributed by atoms with Gasteiger partial charge in [-0.25, -0.2) is 4.39 Å². The zero-order chi connectivity index (χ0) is 28.9. The quantitative estimate of drug-likeness (QED) is 0.268. The average molecular weight is 546 g/mol. The number of hydrogen-bond acceptors (Lipinski definition) is 5. The fourth-order valence-corrected chi connectivity index (χ4v) is 4.99. The van der Waals surface area contributed by atoms with Crippen LogP contribution in [0.15, 0.2) is 47.5 Å². The third-order valence-electron chi connectivity index (χ3n) is 6.75. The Labute approximate surface area is 230 Å². The molecule has 0 unspecified atom stereocenters. The van der Waals surface area contributed by atoms with Crippen LogP contribution in [0.4, 0.5) is 4.39 Å². The van der Waals surface area contributed by atoms with Gasteiger partial charge in [-0.15, -0.1) is 0 Å². The number of carbonyl (C=O) groups is 1. The number of pyridine rings is 1. The monoisotopic (exact) mass is 545 g/mol. The predicted octanol–water partition coefficient (Wildman–Crippen LogP) is 4.95. The number of fused-ring (bicyclic) bond motifs is 2. The highest BCUT2D eigenvalue weighted by molar-refractivity contribution is 6.04. The van der Waals surface area contributed by atoms with Crippen LogP contribution in [0.2, 0.25) is 0 Å². The molecule has 9 nitrogen and oxygen atoms in total. The van der Waals surface area contributed by atoms with Crippen molar-refractivity contribution in [2.24, 2.45) is 7.05 Å². The Balaban J connectivity index is 1.80. The Hall–Kier alpha value is -4.44. The molecule has 3 heterocycles. The van der Waals surface area contributed by atoms with E-state index in [-0.39, 0.29) is 35.0 Å². The smallest absolute Gasteiger partial charge is 0.274 e. The van der Waals surface area contributed by atoms with Gasteiger partial charge in [0.2, 0.25) is 0 Å². The molecule has 40 heavy (non-hydrogen) atoms. The molecule has 0 radical (unpaired) electrons. The average Bonchev–Trinajstić information content (AvgIpc) is 3.47. The summed E-state index contributed by atoms with van der Waals surface area (Å²) in [5.41, 5.74) is 2.55. The lowest BCUT2D eigenvalue weighted by Gasteiger charge is -2.19. The molecule has 0 saturated carbocycles. The first kappa shape index (κ1) is 27.1. The zero-order valence-corrected chi connectivity index (χ0v) is 23.3. The van der Waals surface area contributed by atoms with Crippen molar-refractivity contribution in [3.8, 4) is 22.6 Å². The Morgan fingerprint density at radius 2 is 1.85 bits per heavy atom. The van der Waals surface area contributed by atoms with Crippen LogP contribution in [-0.2, 0) is 13.6 Å². The second kappa shape index (κ2) is 9.95. The standard InChI is InChI=1S/C30H32FN5O4/c1-7-32-28(37)23-11-21-22(14-35(6)29(38)26(21)34-23)20-12-24-18(13-33-36(24)15-30(4,5)39)10-25(20)40-27-16(2)8-19(31)9-17(27)3/h8-14,34,39H,7,15H2,1-6H3,(H,32,37). The predicted molar refractivity (Wildman–Crippen MR) is 153 cm³/mol. The molecule has 2 aromatic carbocycles.